The SMILES string of the molecule is CSCC[C@H](NC(=O)c1ccc(COCCc2ccc(Cl)cc2Cl)cc1-c1ccccc1C)C(=O)O.[LiH]. The Morgan fingerprint density at radius 1 is 1.05 bits per heavy atom. The monoisotopic (exact) mass is 553 g/mol. The van der Waals surface area contributed by atoms with Crippen LogP contribution in [-0.2, 0) is 22.6 Å². The second-order valence-corrected chi connectivity index (χ2v) is 10.2. The van der Waals surface area contributed by atoms with Crippen molar-refractivity contribution in [3.05, 3.63) is 93.0 Å². The molecule has 3 aromatic rings. The van der Waals surface area contributed by atoms with Gasteiger partial charge in [-0.3, -0.25) is 4.79 Å². The summed E-state index contributed by atoms with van der Waals surface area (Å²) in [5.74, 6) is -0.813. The molecule has 0 fully saturated rings. The number of thioether (sulfide) groups is 1. The Hall–Kier alpha value is -1.91. The first-order valence-electron chi connectivity index (χ1n) is 11.5. The average Bonchev–Trinajstić information content (AvgIpc) is 2.85. The Kier molecular flexibility index (Phi) is 13.1. The van der Waals surface area contributed by atoms with Crippen LogP contribution in [-0.4, -0.2) is 60.5 Å². The van der Waals surface area contributed by atoms with Gasteiger partial charge >= 0.3 is 24.8 Å². The van der Waals surface area contributed by atoms with Crippen molar-refractivity contribution in [2.45, 2.75) is 32.4 Å². The van der Waals surface area contributed by atoms with Crippen LogP contribution in [0.3, 0.4) is 0 Å². The summed E-state index contributed by atoms with van der Waals surface area (Å²) in [6, 6.07) is 17.8. The van der Waals surface area contributed by atoms with Gasteiger partial charge in [0.25, 0.3) is 5.91 Å². The number of halogens is 2. The van der Waals surface area contributed by atoms with E-state index in [-0.39, 0.29) is 18.9 Å². The molecular formula is C28H30Cl2LiNO4S. The number of carboxylic acids is 1. The molecule has 1 amide bonds. The molecule has 0 unspecified atom stereocenters. The minimum absolute atomic E-state index is 0. The van der Waals surface area contributed by atoms with Crippen molar-refractivity contribution in [3.63, 3.8) is 0 Å². The molecule has 5 nitrogen and oxygen atoms in total. The van der Waals surface area contributed by atoms with Crippen molar-refractivity contribution in [2.75, 3.05) is 18.6 Å². The van der Waals surface area contributed by atoms with Gasteiger partial charge in [0.15, 0.2) is 0 Å². The van der Waals surface area contributed by atoms with Crippen LogP contribution in [0.15, 0.2) is 60.7 Å². The van der Waals surface area contributed by atoms with Gasteiger partial charge in [-0.15, -0.1) is 0 Å². The normalized spacial score (nSPS) is 11.5. The van der Waals surface area contributed by atoms with E-state index in [4.69, 9.17) is 27.9 Å². The number of aryl methyl sites for hydroxylation is 1. The number of carbonyl (C=O) groups excluding carboxylic acids is 1. The molecule has 0 aromatic heterocycles. The number of carboxylic acid groups (broad SMARTS) is 1. The second-order valence-electron chi connectivity index (χ2n) is 8.38. The summed E-state index contributed by atoms with van der Waals surface area (Å²) in [7, 11) is 0. The maximum absolute atomic E-state index is 13.2. The number of amides is 1. The molecule has 0 heterocycles. The number of hydrogen-bond acceptors (Lipinski definition) is 4. The molecule has 192 valence electrons. The van der Waals surface area contributed by atoms with Crippen molar-refractivity contribution >= 4 is 65.7 Å². The van der Waals surface area contributed by atoms with E-state index in [2.05, 4.69) is 5.32 Å². The summed E-state index contributed by atoms with van der Waals surface area (Å²) in [5.41, 5.74) is 4.96. The molecule has 0 radical (unpaired) electrons. The first kappa shape index (κ1) is 31.3. The van der Waals surface area contributed by atoms with Gasteiger partial charge in [-0.25, -0.2) is 4.79 Å². The van der Waals surface area contributed by atoms with Crippen LogP contribution in [0.2, 0.25) is 10.0 Å². The zero-order chi connectivity index (χ0) is 26.1. The number of rotatable bonds is 12. The molecule has 37 heavy (non-hydrogen) atoms. The standard InChI is InChI=1S/C28H29Cl2NO4S.Li.H/c1-18-5-3-4-6-22(18)24-15-19(17-35-13-11-20-8-9-21(29)16-25(20)30)7-10-23(24)27(32)31-26(28(33)34)12-14-36-2;;/h3-10,15-16,26H,11-14,17H2,1-2H3,(H,31,32)(H,33,34);;/t26-;;/m0../s1. The zero-order valence-corrected chi connectivity index (χ0v) is 22.6. The Balaban J connectivity index is 0.00000481. The molecular weight excluding hydrogens is 524 g/mol. The predicted octanol–water partition coefficient (Wildman–Crippen LogP) is 6.02. The Bertz CT molecular complexity index is 1220. The van der Waals surface area contributed by atoms with Crippen LogP contribution >= 0.6 is 35.0 Å². The maximum atomic E-state index is 13.2. The van der Waals surface area contributed by atoms with E-state index < -0.39 is 17.9 Å². The minimum atomic E-state index is -1.04. The first-order chi connectivity index (χ1) is 17.3. The average molecular weight is 554 g/mol. The van der Waals surface area contributed by atoms with Crippen LogP contribution in [0.1, 0.15) is 33.5 Å². The molecule has 3 aromatic carbocycles. The molecule has 0 spiro atoms. The number of carbonyl (C=O) groups is 2. The number of hydrogen-bond donors (Lipinski definition) is 2. The third kappa shape index (κ3) is 9.10. The summed E-state index contributed by atoms with van der Waals surface area (Å²) >= 11 is 13.7. The molecule has 0 aliphatic carbocycles. The van der Waals surface area contributed by atoms with E-state index in [0.29, 0.717) is 47.4 Å². The van der Waals surface area contributed by atoms with Crippen molar-refractivity contribution in [1.29, 1.82) is 0 Å². The Labute approximate surface area is 244 Å². The third-order valence-electron chi connectivity index (χ3n) is 5.78. The van der Waals surface area contributed by atoms with Crippen molar-refractivity contribution < 1.29 is 19.4 Å². The molecule has 0 bridgehead atoms. The van der Waals surface area contributed by atoms with Gasteiger partial charge < -0.3 is 15.2 Å². The number of aliphatic carboxylic acids is 1. The topological polar surface area (TPSA) is 75.6 Å². The molecule has 9 heteroatoms. The molecule has 0 aliphatic heterocycles. The van der Waals surface area contributed by atoms with E-state index in [9.17, 15) is 14.7 Å². The van der Waals surface area contributed by atoms with E-state index >= 15 is 0 Å². The van der Waals surface area contributed by atoms with Gasteiger partial charge in [-0.2, -0.15) is 11.8 Å². The first-order valence-corrected chi connectivity index (χ1v) is 13.7. The number of ether oxygens (including phenoxy) is 1. The van der Waals surface area contributed by atoms with Crippen LogP contribution in [0.25, 0.3) is 11.1 Å². The fraction of sp³-hybridized carbons (Fsp3) is 0.286. The third-order valence-corrected chi connectivity index (χ3v) is 7.01. The molecule has 0 saturated heterocycles. The molecule has 3 rings (SSSR count). The number of benzene rings is 3. The summed E-state index contributed by atoms with van der Waals surface area (Å²) in [5, 5.41) is 13.4. The number of nitrogens with one attached hydrogen (secondary N) is 1. The summed E-state index contributed by atoms with van der Waals surface area (Å²) in [6.45, 7) is 2.81. The van der Waals surface area contributed by atoms with Crippen LogP contribution < -0.4 is 5.32 Å². The van der Waals surface area contributed by atoms with Gasteiger partial charge in [0, 0.05) is 15.6 Å². The zero-order valence-electron chi connectivity index (χ0n) is 20.2. The second kappa shape index (κ2) is 15.5. The van der Waals surface area contributed by atoms with Crippen LogP contribution in [0.5, 0.6) is 0 Å². The van der Waals surface area contributed by atoms with Gasteiger partial charge in [0.1, 0.15) is 6.04 Å². The van der Waals surface area contributed by atoms with Crippen molar-refractivity contribution in [1.82, 2.24) is 5.32 Å². The van der Waals surface area contributed by atoms with Crippen molar-refractivity contribution in [3.8, 4) is 11.1 Å². The summed E-state index contributed by atoms with van der Waals surface area (Å²) in [4.78, 5) is 24.8. The van der Waals surface area contributed by atoms with Gasteiger partial charge in [-0.1, -0.05) is 59.6 Å². The molecule has 2 N–H and O–H groups in total. The quantitative estimate of drug-likeness (QED) is 0.212. The summed E-state index contributed by atoms with van der Waals surface area (Å²) in [6.07, 6.45) is 2.90. The Morgan fingerprint density at radius 3 is 2.49 bits per heavy atom. The van der Waals surface area contributed by atoms with Crippen LogP contribution in [0.4, 0.5) is 0 Å². The van der Waals surface area contributed by atoms with E-state index in [1.165, 1.54) is 0 Å². The summed E-state index contributed by atoms with van der Waals surface area (Å²) < 4.78 is 5.90. The van der Waals surface area contributed by atoms with Gasteiger partial charge in [0.2, 0.25) is 0 Å². The fourth-order valence-corrected chi connectivity index (χ4v) is 4.78. The Morgan fingerprint density at radius 2 is 1.81 bits per heavy atom. The predicted molar refractivity (Wildman–Crippen MR) is 155 cm³/mol. The molecule has 1 atom stereocenters. The fourth-order valence-electron chi connectivity index (χ4n) is 3.80. The van der Waals surface area contributed by atoms with Gasteiger partial charge in [-0.05, 0) is 83.9 Å². The molecule has 0 saturated carbocycles. The van der Waals surface area contributed by atoms with Crippen LogP contribution in [0, 0.1) is 6.92 Å². The van der Waals surface area contributed by atoms with E-state index in [1.807, 2.05) is 55.6 Å². The van der Waals surface area contributed by atoms with E-state index in [0.717, 1.165) is 27.8 Å². The van der Waals surface area contributed by atoms with E-state index in [1.54, 1.807) is 30.0 Å². The van der Waals surface area contributed by atoms with Gasteiger partial charge in [0.05, 0.1) is 13.2 Å². The molecule has 0 aliphatic rings. The van der Waals surface area contributed by atoms with Crippen molar-refractivity contribution in [2.24, 2.45) is 0 Å².